The first-order chi connectivity index (χ1) is 10.3. The number of nitrogens with one attached hydrogen (secondary N) is 1. The number of fused-ring (bicyclic) bond motifs is 1. The van der Waals surface area contributed by atoms with Crippen LogP contribution >= 0.6 is 0 Å². The predicted octanol–water partition coefficient (Wildman–Crippen LogP) is 1.76. The number of ether oxygens (including phenoxy) is 1. The molecule has 7 heteroatoms. The summed E-state index contributed by atoms with van der Waals surface area (Å²) in [6.45, 7) is 3.67. The summed E-state index contributed by atoms with van der Waals surface area (Å²) in [6.07, 6.45) is 5.19. The standard InChI is InChI=1S/C14H19N5O2/c1-2-21-14(20)18-8-4-11(5-9-18)16-12-6-10-19-13(17-12)3-7-15-19/h3,6-7,10-11H,2,4-5,8-9H2,1H3,(H,16,17). The van der Waals surface area contributed by atoms with E-state index < -0.39 is 0 Å². The summed E-state index contributed by atoms with van der Waals surface area (Å²) in [5, 5.41) is 7.55. The van der Waals surface area contributed by atoms with E-state index in [1.807, 2.05) is 25.3 Å². The van der Waals surface area contributed by atoms with E-state index in [0.717, 1.165) is 24.3 Å². The molecule has 0 spiro atoms. The van der Waals surface area contributed by atoms with Gasteiger partial charge in [0.25, 0.3) is 0 Å². The molecule has 1 fully saturated rings. The third kappa shape index (κ3) is 3.07. The van der Waals surface area contributed by atoms with E-state index in [2.05, 4.69) is 15.4 Å². The second kappa shape index (κ2) is 5.99. The van der Waals surface area contributed by atoms with Gasteiger partial charge in [-0.05, 0) is 25.8 Å². The zero-order chi connectivity index (χ0) is 14.7. The minimum Gasteiger partial charge on any atom is -0.450 e. The summed E-state index contributed by atoms with van der Waals surface area (Å²) in [4.78, 5) is 17.9. The van der Waals surface area contributed by atoms with Crippen LogP contribution in [-0.2, 0) is 4.74 Å². The molecule has 3 heterocycles. The van der Waals surface area contributed by atoms with Crippen LogP contribution in [0.4, 0.5) is 10.6 Å². The highest BCUT2D eigenvalue weighted by atomic mass is 16.6. The normalized spacial score (nSPS) is 16.1. The molecule has 7 nitrogen and oxygen atoms in total. The highest BCUT2D eigenvalue weighted by molar-refractivity contribution is 5.67. The molecular weight excluding hydrogens is 270 g/mol. The average Bonchev–Trinajstić information content (AvgIpc) is 2.96. The van der Waals surface area contributed by atoms with Gasteiger partial charge < -0.3 is 15.0 Å². The van der Waals surface area contributed by atoms with Crippen molar-refractivity contribution in [1.82, 2.24) is 19.5 Å². The molecule has 1 N–H and O–H groups in total. The molecule has 0 aromatic carbocycles. The van der Waals surface area contributed by atoms with Crippen molar-refractivity contribution in [1.29, 1.82) is 0 Å². The Morgan fingerprint density at radius 3 is 3.00 bits per heavy atom. The van der Waals surface area contributed by atoms with E-state index in [1.54, 1.807) is 15.6 Å². The van der Waals surface area contributed by atoms with Crippen LogP contribution in [0.1, 0.15) is 19.8 Å². The number of rotatable bonds is 3. The number of hydrogen-bond donors (Lipinski definition) is 1. The lowest BCUT2D eigenvalue weighted by atomic mass is 10.1. The first kappa shape index (κ1) is 13.7. The molecule has 0 atom stereocenters. The van der Waals surface area contributed by atoms with Gasteiger partial charge in [0.2, 0.25) is 0 Å². The third-order valence-corrected chi connectivity index (χ3v) is 3.63. The Labute approximate surface area is 122 Å². The number of amides is 1. The fraction of sp³-hybridized carbons (Fsp3) is 0.500. The van der Waals surface area contributed by atoms with Crippen molar-refractivity contribution in [3.8, 4) is 0 Å². The molecule has 2 aromatic rings. The smallest absolute Gasteiger partial charge is 0.409 e. The fourth-order valence-electron chi connectivity index (χ4n) is 2.52. The zero-order valence-corrected chi connectivity index (χ0v) is 12.0. The summed E-state index contributed by atoms with van der Waals surface area (Å²) in [6, 6.07) is 4.11. The van der Waals surface area contributed by atoms with Crippen LogP contribution in [0.5, 0.6) is 0 Å². The van der Waals surface area contributed by atoms with Crippen molar-refractivity contribution in [2.24, 2.45) is 0 Å². The number of hydrogen-bond acceptors (Lipinski definition) is 5. The quantitative estimate of drug-likeness (QED) is 0.932. The average molecular weight is 289 g/mol. The van der Waals surface area contributed by atoms with Crippen LogP contribution in [0.25, 0.3) is 5.65 Å². The molecule has 21 heavy (non-hydrogen) atoms. The number of aromatic nitrogens is 3. The van der Waals surface area contributed by atoms with Gasteiger partial charge in [0.05, 0.1) is 12.8 Å². The first-order valence-corrected chi connectivity index (χ1v) is 7.25. The van der Waals surface area contributed by atoms with Crippen molar-refractivity contribution < 1.29 is 9.53 Å². The highest BCUT2D eigenvalue weighted by Crippen LogP contribution is 2.16. The SMILES string of the molecule is CCOC(=O)N1CCC(Nc2ccn3nccc3n2)CC1. The molecular formula is C14H19N5O2. The van der Waals surface area contributed by atoms with Gasteiger partial charge in [0.1, 0.15) is 5.82 Å². The van der Waals surface area contributed by atoms with Crippen LogP contribution in [-0.4, -0.2) is 51.3 Å². The summed E-state index contributed by atoms with van der Waals surface area (Å²) >= 11 is 0. The first-order valence-electron chi connectivity index (χ1n) is 7.25. The molecule has 0 unspecified atom stereocenters. The molecule has 112 valence electrons. The Morgan fingerprint density at radius 2 is 2.24 bits per heavy atom. The molecule has 3 rings (SSSR count). The number of anilines is 1. The van der Waals surface area contributed by atoms with Crippen molar-refractivity contribution in [2.45, 2.75) is 25.8 Å². The maximum Gasteiger partial charge on any atom is 0.409 e. The minimum atomic E-state index is -0.213. The Bertz CT molecular complexity index is 619. The Kier molecular flexibility index (Phi) is 3.89. The van der Waals surface area contributed by atoms with Crippen LogP contribution in [0.2, 0.25) is 0 Å². The van der Waals surface area contributed by atoms with E-state index in [4.69, 9.17) is 4.74 Å². The molecule has 0 radical (unpaired) electrons. The van der Waals surface area contributed by atoms with E-state index >= 15 is 0 Å². The van der Waals surface area contributed by atoms with Crippen molar-refractivity contribution in [3.05, 3.63) is 24.5 Å². The number of piperidine rings is 1. The van der Waals surface area contributed by atoms with Crippen LogP contribution in [0, 0.1) is 0 Å². The molecule has 0 bridgehead atoms. The van der Waals surface area contributed by atoms with E-state index in [1.165, 1.54) is 0 Å². The number of carbonyl (C=O) groups excluding carboxylic acids is 1. The van der Waals surface area contributed by atoms with E-state index in [9.17, 15) is 4.79 Å². The monoisotopic (exact) mass is 289 g/mol. The summed E-state index contributed by atoms with van der Waals surface area (Å²) in [7, 11) is 0. The largest absolute Gasteiger partial charge is 0.450 e. The predicted molar refractivity (Wildman–Crippen MR) is 78.2 cm³/mol. The Morgan fingerprint density at radius 1 is 1.43 bits per heavy atom. The lowest BCUT2D eigenvalue weighted by molar-refractivity contribution is 0.0983. The van der Waals surface area contributed by atoms with Gasteiger partial charge in [-0.2, -0.15) is 5.10 Å². The van der Waals surface area contributed by atoms with Crippen LogP contribution < -0.4 is 5.32 Å². The van der Waals surface area contributed by atoms with Gasteiger partial charge in [-0.1, -0.05) is 0 Å². The molecule has 2 aromatic heterocycles. The van der Waals surface area contributed by atoms with E-state index in [-0.39, 0.29) is 6.09 Å². The van der Waals surface area contributed by atoms with E-state index in [0.29, 0.717) is 25.7 Å². The van der Waals surface area contributed by atoms with Crippen LogP contribution in [0.15, 0.2) is 24.5 Å². The van der Waals surface area contributed by atoms with Gasteiger partial charge >= 0.3 is 6.09 Å². The summed E-state index contributed by atoms with van der Waals surface area (Å²) < 4.78 is 6.75. The maximum atomic E-state index is 11.6. The minimum absolute atomic E-state index is 0.213. The summed E-state index contributed by atoms with van der Waals surface area (Å²) in [5.74, 6) is 0.845. The highest BCUT2D eigenvalue weighted by Gasteiger charge is 2.23. The zero-order valence-electron chi connectivity index (χ0n) is 12.0. The number of carbonyl (C=O) groups is 1. The molecule has 0 aliphatic carbocycles. The Hall–Kier alpha value is -2.31. The van der Waals surface area contributed by atoms with Crippen molar-refractivity contribution in [2.75, 3.05) is 25.0 Å². The van der Waals surface area contributed by atoms with Crippen molar-refractivity contribution in [3.63, 3.8) is 0 Å². The van der Waals surface area contributed by atoms with Gasteiger partial charge in [0, 0.05) is 31.4 Å². The van der Waals surface area contributed by atoms with Crippen LogP contribution in [0.3, 0.4) is 0 Å². The lowest BCUT2D eigenvalue weighted by Gasteiger charge is -2.31. The number of likely N-dealkylation sites (tertiary alicyclic amines) is 1. The maximum absolute atomic E-state index is 11.6. The van der Waals surface area contributed by atoms with Gasteiger partial charge in [-0.15, -0.1) is 0 Å². The van der Waals surface area contributed by atoms with Gasteiger partial charge in [-0.3, -0.25) is 0 Å². The second-order valence-corrected chi connectivity index (χ2v) is 5.05. The topological polar surface area (TPSA) is 71.8 Å². The third-order valence-electron chi connectivity index (χ3n) is 3.63. The molecule has 1 saturated heterocycles. The molecule has 1 aliphatic rings. The fourth-order valence-corrected chi connectivity index (χ4v) is 2.52. The molecule has 1 amide bonds. The summed E-state index contributed by atoms with van der Waals surface area (Å²) in [5.41, 5.74) is 0.823. The van der Waals surface area contributed by atoms with Gasteiger partial charge in [-0.25, -0.2) is 14.3 Å². The molecule has 0 saturated carbocycles. The Balaban J connectivity index is 1.56. The number of nitrogens with zero attached hydrogens (tertiary/aromatic N) is 4. The lowest BCUT2D eigenvalue weighted by Crippen LogP contribution is -2.42. The molecule has 1 aliphatic heterocycles. The second-order valence-electron chi connectivity index (χ2n) is 5.05. The van der Waals surface area contributed by atoms with Crippen molar-refractivity contribution >= 4 is 17.6 Å². The van der Waals surface area contributed by atoms with Gasteiger partial charge in [0.15, 0.2) is 5.65 Å².